The van der Waals surface area contributed by atoms with E-state index < -0.39 is 11.9 Å². The molecule has 0 aliphatic rings. The molecule has 6 heteroatoms. The molecule has 0 saturated carbocycles. The summed E-state index contributed by atoms with van der Waals surface area (Å²) in [4.78, 5) is 32.3. The van der Waals surface area contributed by atoms with Crippen molar-refractivity contribution in [3.05, 3.63) is 0 Å². The Morgan fingerprint density at radius 1 is 0.850 bits per heavy atom. The van der Waals surface area contributed by atoms with E-state index in [4.69, 9.17) is 9.68 Å². The second kappa shape index (κ2) is 15.9. The minimum Gasteiger partial charge on any atom is -1.00 e. The summed E-state index contributed by atoms with van der Waals surface area (Å²) in [5.74, 6) is -0.787. The van der Waals surface area contributed by atoms with E-state index >= 15 is 0 Å². The zero-order valence-electron chi connectivity index (χ0n) is 14.4. The molecule has 0 fully saturated rings. The van der Waals surface area contributed by atoms with Gasteiger partial charge in [0.2, 0.25) is 0 Å². The van der Waals surface area contributed by atoms with E-state index in [-0.39, 0.29) is 65.7 Å². The van der Waals surface area contributed by atoms with Gasteiger partial charge < -0.3 is 11.1 Å². The molecule has 20 heavy (non-hydrogen) atoms. The molecule has 0 aliphatic carbocycles. The van der Waals surface area contributed by atoms with Crippen molar-refractivity contribution in [3.63, 3.8) is 0 Å². The van der Waals surface area contributed by atoms with Crippen molar-refractivity contribution in [2.24, 2.45) is 0 Å². The summed E-state index contributed by atoms with van der Waals surface area (Å²) >= 11 is 0. The van der Waals surface area contributed by atoms with Crippen molar-refractivity contribution in [2.45, 2.75) is 72.1 Å². The fraction of sp³-hybridized carbons (Fsp3) is 0.857. The largest absolute Gasteiger partial charge is 1.00 e. The Labute approximate surface area is 166 Å². The van der Waals surface area contributed by atoms with E-state index in [1.54, 1.807) is 13.8 Å². The molecular formula is C14H28KNO4. The summed E-state index contributed by atoms with van der Waals surface area (Å²) in [6.07, 6.45) is 7.26. The van der Waals surface area contributed by atoms with Crippen molar-refractivity contribution in [3.8, 4) is 0 Å². The van der Waals surface area contributed by atoms with Gasteiger partial charge in [0.25, 0.3) is 0 Å². The van der Waals surface area contributed by atoms with Crippen LogP contribution in [0.25, 0.3) is 0 Å². The predicted octanol–water partition coefficient (Wildman–Crippen LogP) is 0.502. The number of hydroxylamine groups is 2. The first-order chi connectivity index (χ1) is 9.13. The molecule has 0 aliphatic heterocycles. The standard InChI is InChI=1S/C14H27NO4.K.H/c1-4-7-8-9-10-11-12-15(18-13(16)5-2)19-14(17)6-3;;/h4-12H2,1-3H3;;/q;+1;-1. The quantitative estimate of drug-likeness (QED) is 0.316. The third-order valence-corrected chi connectivity index (χ3v) is 2.68. The molecule has 0 rings (SSSR count). The Morgan fingerprint density at radius 2 is 1.30 bits per heavy atom. The SMILES string of the molecule is CCCCCCCCN(OC(=O)CC)OC(=O)CC.[H-].[K+]. The second-order valence-corrected chi connectivity index (χ2v) is 4.46. The predicted molar refractivity (Wildman–Crippen MR) is 74.0 cm³/mol. The maximum atomic E-state index is 11.2. The number of hydrogen-bond donors (Lipinski definition) is 0. The molecule has 0 heterocycles. The van der Waals surface area contributed by atoms with E-state index in [1.165, 1.54) is 19.3 Å². The van der Waals surface area contributed by atoms with Gasteiger partial charge in [-0.25, -0.2) is 0 Å². The van der Waals surface area contributed by atoms with E-state index in [0.29, 0.717) is 6.54 Å². The van der Waals surface area contributed by atoms with Gasteiger partial charge in [-0.3, -0.25) is 9.59 Å². The summed E-state index contributed by atoms with van der Waals surface area (Å²) in [5.41, 5.74) is 0. The first-order valence-electron chi connectivity index (χ1n) is 7.33. The average Bonchev–Trinajstić information content (AvgIpc) is 2.41. The molecule has 5 nitrogen and oxygen atoms in total. The van der Waals surface area contributed by atoms with Crippen molar-refractivity contribution in [2.75, 3.05) is 6.54 Å². The minimum absolute atomic E-state index is 0. The number of rotatable bonds is 11. The van der Waals surface area contributed by atoms with Crippen LogP contribution in [-0.2, 0) is 19.3 Å². The fourth-order valence-corrected chi connectivity index (χ4v) is 1.49. The van der Waals surface area contributed by atoms with Crippen molar-refractivity contribution < 1.29 is 72.1 Å². The van der Waals surface area contributed by atoms with Crippen LogP contribution in [-0.4, -0.2) is 23.7 Å². The first-order valence-corrected chi connectivity index (χ1v) is 7.33. The number of unbranched alkanes of at least 4 members (excludes halogenated alkanes) is 5. The van der Waals surface area contributed by atoms with Gasteiger partial charge in [-0.05, 0) is 6.42 Å². The second-order valence-electron chi connectivity index (χ2n) is 4.46. The van der Waals surface area contributed by atoms with Gasteiger partial charge in [-0.2, -0.15) is 0 Å². The third-order valence-electron chi connectivity index (χ3n) is 2.68. The van der Waals surface area contributed by atoms with E-state index in [1.807, 2.05) is 0 Å². The molecule has 0 saturated heterocycles. The van der Waals surface area contributed by atoms with Gasteiger partial charge in [0.1, 0.15) is 0 Å². The summed E-state index contributed by atoms with van der Waals surface area (Å²) in [6, 6.07) is 0. The smallest absolute Gasteiger partial charge is 1.00 e. The summed E-state index contributed by atoms with van der Waals surface area (Å²) in [7, 11) is 0. The monoisotopic (exact) mass is 313 g/mol. The Kier molecular flexibility index (Phi) is 18.2. The van der Waals surface area contributed by atoms with Crippen molar-refractivity contribution in [1.82, 2.24) is 5.23 Å². The van der Waals surface area contributed by atoms with Crippen LogP contribution < -0.4 is 51.4 Å². The summed E-state index contributed by atoms with van der Waals surface area (Å²) < 4.78 is 0. The van der Waals surface area contributed by atoms with Crippen LogP contribution in [0.15, 0.2) is 0 Å². The molecule has 0 radical (unpaired) electrons. The number of nitrogens with zero attached hydrogens (tertiary/aromatic N) is 1. The maximum Gasteiger partial charge on any atom is 1.00 e. The number of carbonyl (C=O) groups is 2. The zero-order valence-corrected chi connectivity index (χ0v) is 16.6. The van der Waals surface area contributed by atoms with Gasteiger partial charge in [0.15, 0.2) is 0 Å². The third kappa shape index (κ3) is 13.5. The molecule has 0 amide bonds. The number of hydrogen-bond acceptors (Lipinski definition) is 5. The summed E-state index contributed by atoms with van der Waals surface area (Å²) in [5, 5.41) is 1.03. The molecule has 0 bridgehead atoms. The Morgan fingerprint density at radius 3 is 1.75 bits per heavy atom. The Balaban J connectivity index is -0.00000162. The molecule has 0 N–H and O–H groups in total. The number of carbonyl (C=O) groups excluding carboxylic acids is 2. The molecule has 0 aromatic rings. The van der Waals surface area contributed by atoms with Crippen LogP contribution in [0.4, 0.5) is 0 Å². The molecule has 0 aromatic heterocycles. The molecule has 0 atom stereocenters. The van der Waals surface area contributed by atoms with E-state index in [0.717, 1.165) is 24.5 Å². The topological polar surface area (TPSA) is 55.8 Å². The van der Waals surface area contributed by atoms with Crippen LogP contribution in [0.1, 0.15) is 73.6 Å². The van der Waals surface area contributed by atoms with Gasteiger partial charge in [0.05, 0.1) is 6.54 Å². The maximum absolute atomic E-state index is 11.2. The molecule has 0 aromatic carbocycles. The Bertz CT molecular complexity index is 249. The first kappa shape index (κ1) is 22.8. The van der Waals surface area contributed by atoms with E-state index in [9.17, 15) is 9.59 Å². The molecule has 0 unspecified atom stereocenters. The van der Waals surface area contributed by atoms with Crippen LogP contribution in [0.3, 0.4) is 0 Å². The van der Waals surface area contributed by atoms with E-state index in [2.05, 4.69) is 6.92 Å². The van der Waals surface area contributed by atoms with Gasteiger partial charge >= 0.3 is 63.3 Å². The van der Waals surface area contributed by atoms with Gasteiger partial charge in [0, 0.05) is 18.1 Å². The van der Waals surface area contributed by atoms with Crippen LogP contribution in [0, 0.1) is 0 Å². The fourth-order valence-electron chi connectivity index (χ4n) is 1.49. The van der Waals surface area contributed by atoms with Crippen molar-refractivity contribution >= 4 is 11.9 Å². The molecular weight excluding hydrogens is 285 g/mol. The minimum atomic E-state index is -0.394. The van der Waals surface area contributed by atoms with Crippen LogP contribution in [0.2, 0.25) is 0 Å². The summed E-state index contributed by atoms with van der Waals surface area (Å²) in [6.45, 7) is 6.01. The van der Waals surface area contributed by atoms with Gasteiger partial charge in [-0.1, -0.05) is 52.9 Å². The van der Waals surface area contributed by atoms with Crippen molar-refractivity contribution in [1.29, 1.82) is 0 Å². The average molecular weight is 313 g/mol. The molecule has 114 valence electrons. The van der Waals surface area contributed by atoms with Crippen LogP contribution in [0.5, 0.6) is 0 Å². The van der Waals surface area contributed by atoms with Crippen LogP contribution >= 0.6 is 0 Å². The zero-order chi connectivity index (χ0) is 14.5. The Hall–Kier alpha value is 0.536. The molecule has 0 spiro atoms. The van der Waals surface area contributed by atoms with Gasteiger partial charge in [-0.15, -0.1) is 0 Å². The normalized spacial score (nSPS) is 10.0.